The van der Waals surface area contributed by atoms with Crippen LogP contribution in [0.25, 0.3) is 0 Å². The standard InChI is InChI=1S/C13H23NO/c15-9-10-5-7-14(8-6-10)13-4-2-11-1-3-12(11)13/h10-13,15H,1-9H2. The van der Waals surface area contributed by atoms with Gasteiger partial charge in [0.1, 0.15) is 0 Å². The Morgan fingerprint density at radius 3 is 2.20 bits per heavy atom. The highest BCUT2D eigenvalue weighted by Crippen LogP contribution is 2.49. The first-order valence-electron chi connectivity index (χ1n) is 6.73. The van der Waals surface area contributed by atoms with Gasteiger partial charge in [-0.1, -0.05) is 0 Å². The second kappa shape index (κ2) is 4.06. The highest BCUT2D eigenvalue weighted by atomic mass is 16.3. The fourth-order valence-electron chi connectivity index (χ4n) is 3.98. The fraction of sp³-hybridized carbons (Fsp3) is 1.00. The molecule has 3 unspecified atom stereocenters. The van der Waals surface area contributed by atoms with Gasteiger partial charge in [-0.25, -0.2) is 0 Å². The van der Waals surface area contributed by atoms with E-state index >= 15 is 0 Å². The lowest BCUT2D eigenvalue weighted by Crippen LogP contribution is -2.46. The molecular weight excluding hydrogens is 186 g/mol. The minimum atomic E-state index is 0.407. The summed E-state index contributed by atoms with van der Waals surface area (Å²) >= 11 is 0. The van der Waals surface area contributed by atoms with Gasteiger partial charge in [0.2, 0.25) is 0 Å². The van der Waals surface area contributed by atoms with Crippen LogP contribution >= 0.6 is 0 Å². The molecule has 2 nitrogen and oxygen atoms in total. The molecular formula is C13H23NO. The maximum Gasteiger partial charge on any atom is 0.0460 e. The van der Waals surface area contributed by atoms with Crippen LogP contribution in [0.4, 0.5) is 0 Å². The van der Waals surface area contributed by atoms with E-state index in [-0.39, 0.29) is 0 Å². The monoisotopic (exact) mass is 209 g/mol. The summed E-state index contributed by atoms with van der Waals surface area (Å²) in [5.74, 6) is 2.74. The van der Waals surface area contributed by atoms with Crippen molar-refractivity contribution in [1.29, 1.82) is 0 Å². The Hall–Kier alpha value is -0.0800. The van der Waals surface area contributed by atoms with Gasteiger partial charge in [-0.05, 0) is 69.4 Å². The van der Waals surface area contributed by atoms with Gasteiger partial charge in [-0.2, -0.15) is 0 Å². The fourth-order valence-corrected chi connectivity index (χ4v) is 3.98. The summed E-state index contributed by atoms with van der Waals surface area (Å²) in [5.41, 5.74) is 0. The van der Waals surface area contributed by atoms with Crippen molar-refractivity contribution in [3.8, 4) is 0 Å². The van der Waals surface area contributed by atoms with E-state index in [0.29, 0.717) is 12.5 Å². The highest BCUT2D eigenvalue weighted by molar-refractivity contribution is 4.97. The number of piperidine rings is 1. The smallest absolute Gasteiger partial charge is 0.0460 e. The second-order valence-electron chi connectivity index (χ2n) is 5.81. The molecule has 2 saturated carbocycles. The molecule has 0 aromatic heterocycles. The summed E-state index contributed by atoms with van der Waals surface area (Å²) in [5, 5.41) is 9.13. The van der Waals surface area contributed by atoms with E-state index in [1.807, 2.05) is 0 Å². The van der Waals surface area contributed by atoms with E-state index in [1.54, 1.807) is 0 Å². The molecule has 2 heteroatoms. The van der Waals surface area contributed by atoms with Crippen molar-refractivity contribution < 1.29 is 5.11 Å². The van der Waals surface area contributed by atoms with Crippen LogP contribution in [0.5, 0.6) is 0 Å². The van der Waals surface area contributed by atoms with Gasteiger partial charge in [-0.3, -0.25) is 0 Å². The number of rotatable bonds is 2. The van der Waals surface area contributed by atoms with Crippen molar-refractivity contribution in [2.75, 3.05) is 19.7 Å². The van der Waals surface area contributed by atoms with Gasteiger partial charge in [0.25, 0.3) is 0 Å². The number of hydrogen-bond donors (Lipinski definition) is 1. The van der Waals surface area contributed by atoms with Crippen molar-refractivity contribution in [2.45, 2.75) is 44.6 Å². The number of aliphatic hydroxyl groups excluding tert-OH is 1. The van der Waals surface area contributed by atoms with Crippen LogP contribution < -0.4 is 0 Å². The van der Waals surface area contributed by atoms with Crippen LogP contribution in [0.2, 0.25) is 0 Å². The quantitative estimate of drug-likeness (QED) is 0.750. The number of hydrogen-bond acceptors (Lipinski definition) is 2. The third-order valence-corrected chi connectivity index (χ3v) is 5.18. The second-order valence-corrected chi connectivity index (χ2v) is 5.81. The maximum atomic E-state index is 9.13. The van der Waals surface area contributed by atoms with Crippen molar-refractivity contribution in [3.05, 3.63) is 0 Å². The molecule has 86 valence electrons. The molecule has 0 aromatic rings. The zero-order chi connectivity index (χ0) is 10.3. The van der Waals surface area contributed by atoms with Crippen LogP contribution in [-0.2, 0) is 0 Å². The first-order chi connectivity index (χ1) is 7.38. The Labute approximate surface area is 92.7 Å². The number of aliphatic hydroxyl groups is 1. The molecule has 15 heavy (non-hydrogen) atoms. The van der Waals surface area contributed by atoms with Gasteiger partial charge < -0.3 is 10.0 Å². The van der Waals surface area contributed by atoms with E-state index in [2.05, 4.69) is 4.90 Å². The largest absolute Gasteiger partial charge is 0.396 e. The molecule has 1 saturated heterocycles. The normalized spacial score (nSPS) is 42.6. The lowest BCUT2D eigenvalue weighted by Gasteiger charge is -2.42. The molecule has 3 rings (SSSR count). The molecule has 1 heterocycles. The van der Waals surface area contributed by atoms with Crippen molar-refractivity contribution >= 4 is 0 Å². The molecule has 3 aliphatic rings. The van der Waals surface area contributed by atoms with Crippen molar-refractivity contribution in [3.63, 3.8) is 0 Å². The predicted octanol–water partition coefficient (Wildman–Crippen LogP) is 1.88. The molecule has 1 aliphatic heterocycles. The number of nitrogens with zero attached hydrogens (tertiary/aromatic N) is 1. The first kappa shape index (κ1) is 10.1. The van der Waals surface area contributed by atoms with Crippen LogP contribution in [0, 0.1) is 17.8 Å². The van der Waals surface area contributed by atoms with Gasteiger partial charge in [0, 0.05) is 12.6 Å². The molecule has 0 aromatic carbocycles. The van der Waals surface area contributed by atoms with Crippen LogP contribution in [0.3, 0.4) is 0 Å². The van der Waals surface area contributed by atoms with Crippen molar-refractivity contribution in [1.82, 2.24) is 4.90 Å². The summed E-state index contributed by atoms with van der Waals surface area (Å²) in [6.45, 7) is 2.91. The Balaban J connectivity index is 1.55. The Morgan fingerprint density at radius 1 is 0.933 bits per heavy atom. The molecule has 0 radical (unpaired) electrons. The van der Waals surface area contributed by atoms with Crippen molar-refractivity contribution in [2.24, 2.45) is 17.8 Å². The van der Waals surface area contributed by atoms with Gasteiger partial charge in [0.05, 0.1) is 0 Å². The summed E-state index contributed by atoms with van der Waals surface area (Å²) in [4.78, 5) is 2.73. The average molecular weight is 209 g/mol. The lowest BCUT2D eigenvalue weighted by atomic mass is 9.74. The van der Waals surface area contributed by atoms with Crippen LogP contribution in [-0.4, -0.2) is 35.7 Å². The van der Waals surface area contributed by atoms with Gasteiger partial charge in [0.15, 0.2) is 0 Å². The third-order valence-electron chi connectivity index (χ3n) is 5.18. The highest BCUT2D eigenvalue weighted by Gasteiger charge is 2.44. The molecule has 1 N–H and O–H groups in total. The maximum absolute atomic E-state index is 9.13. The summed E-state index contributed by atoms with van der Waals surface area (Å²) < 4.78 is 0. The Morgan fingerprint density at radius 2 is 1.67 bits per heavy atom. The summed E-state index contributed by atoms with van der Waals surface area (Å²) in [7, 11) is 0. The SMILES string of the molecule is OCC1CCN(C2CCC3CCC32)CC1. The molecule has 0 bridgehead atoms. The minimum absolute atomic E-state index is 0.407. The summed E-state index contributed by atoms with van der Waals surface area (Å²) in [6, 6.07) is 0.920. The number of likely N-dealkylation sites (tertiary alicyclic amines) is 1. The predicted molar refractivity (Wildman–Crippen MR) is 60.6 cm³/mol. The summed E-state index contributed by atoms with van der Waals surface area (Å²) in [6.07, 6.45) is 8.41. The van der Waals surface area contributed by atoms with E-state index < -0.39 is 0 Å². The lowest BCUT2D eigenvalue weighted by molar-refractivity contribution is 0.0542. The molecule has 2 aliphatic carbocycles. The van der Waals surface area contributed by atoms with E-state index in [9.17, 15) is 0 Å². The van der Waals surface area contributed by atoms with Crippen LogP contribution in [0.15, 0.2) is 0 Å². The number of fused-ring (bicyclic) bond motifs is 1. The van der Waals surface area contributed by atoms with Gasteiger partial charge >= 0.3 is 0 Å². The molecule has 0 amide bonds. The zero-order valence-electron chi connectivity index (χ0n) is 9.57. The Kier molecular flexibility index (Phi) is 2.73. The minimum Gasteiger partial charge on any atom is -0.396 e. The average Bonchev–Trinajstić information content (AvgIpc) is 2.54. The molecule has 3 atom stereocenters. The Bertz CT molecular complexity index is 223. The van der Waals surface area contributed by atoms with Gasteiger partial charge in [-0.15, -0.1) is 0 Å². The third kappa shape index (κ3) is 1.72. The first-order valence-corrected chi connectivity index (χ1v) is 6.73. The van der Waals surface area contributed by atoms with E-state index in [0.717, 1.165) is 17.9 Å². The topological polar surface area (TPSA) is 23.5 Å². The van der Waals surface area contributed by atoms with E-state index in [1.165, 1.54) is 51.6 Å². The van der Waals surface area contributed by atoms with Crippen LogP contribution in [0.1, 0.15) is 38.5 Å². The molecule has 0 spiro atoms. The zero-order valence-corrected chi connectivity index (χ0v) is 9.57. The molecule has 3 fully saturated rings. The van der Waals surface area contributed by atoms with E-state index in [4.69, 9.17) is 5.11 Å².